The zero-order valence-corrected chi connectivity index (χ0v) is 22.2. The summed E-state index contributed by atoms with van der Waals surface area (Å²) in [6, 6.07) is 3.21. The van der Waals surface area contributed by atoms with Crippen LogP contribution >= 0.6 is 11.6 Å². The topological polar surface area (TPSA) is 101 Å². The van der Waals surface area contributed by atoms with Gasteiger partial charge in [-0.05, 0) is 72.9 Å². The number of amides is 3. The van der Waals surface area contributed by atoms with Crippen LogP contribution in [-0.2, 0) is 9.47 Å². The number of carbonyl (C=O) groups excluding carboxylic acids is 3. The molecule has 0 aliphatic carbocycles. The number of hydrogen-bond donors (Lipinski definition) is 1. The molecule has 10 heteroatoms. The van der Waals surface area contributed by atoms with Crippen molar-refractivity contribution in [3.05, 3.63) is 29.0 Å². The standard InChI is InChI=1S/C24H39ClN4O5/c1-23(2,3)33-21(31)26-13-8-9-15-29(22(32)34-24(4,5)6)16-10-14-28(7)20(30)18-11-12-19(25)27-17-18/h11-12,17H,8-10,13-16H2,1-7H3,(H,26,31). The van der Waals surface area contributed by atoms with Crippen LogP contribution in [0.3, 0.4) is 0 Å². The number of nitrogens with zero attached hydrogens (tertiary/aromatic N) is 3. The predicted molar refractivity (Wildman–Crippen MR) is 132 cm³/mol. The van der Waals surface area contributed by atoms with Gasteiger partial charge in [0, 0.05) is 39.4 Å². The lowest BCUT2D eigenvalue weighted by Crippen LogP contribution is -2.39. The third-order valence-corrected chi connectivity index (χ3v) is 4.64. The number of nitrogens with one attached hydrogen (secondary N) is 1. The molecular weight excluding hydrogens is 460 g/mol. The molecule has 0 spiro atoms. The molecule has 0 atom stereocenters. The van der Waals surface area contributed by atoms with Crippen molar-refractivity contribution in [2.24, 2.45) is 0 Å². The fourth-order valence-corrected chi connectivity index (χ4v) is 2.99. The Labute approximate surface area is 208 Å². The number of unbranched alkanes of at least 4 members (excludes halogenated alkanes) is 1. The van der Waals surface area contributed by atoms with Gasteiger partial charge >= 0.3 is 12.2 Å². The maximum atomic E-state index is 12.7. The zero-order chi connectivity index (χ0) is 25.9. The van der Waals surface area contributed by atoms with Crippen LogP contribution in [0.15, 0.2) is 18.3 Å². The lowest BCUT2D eigenvalue weighted by molar-refractivity contribution is 0.0239. The summed E-state index contributed by atoms with van der Waals surface area (Å²) in [5, 5.41) is 3.04. The summed E-state index contributed by atoms with van der Waals surface area (Å²) in [7, 11) is 1.71. The van der Waals surface area contributed by atoms with Gasteiger partial charge in [0.1, 0.15) is 16.4 Å². The van der Waals surface area contributed by atoms with Crippen LogP contribution in [0.4, 0.5) is 9.59 Å². The number of hydrogen-bond acceptors (Lipinski definition) is 6. The lowest BCUT2D eigenvalue weighted by atomic mass is 10.2. The molecule has 9 nitrogen and oxygen atoms in total. The van der Waals surface area contributed by atoms with E-state index >= 15 is 0 Å². The van der Waals surface area contributed by atoms with Crippen molar-refractivity contribution in [1.29, 1.82) is 0 Å². The van der Waals surface area contributed by atoms with E-state index in [4.69, 9.17) is 21.1 Å². The van der Waals surface area contributed by atoms with Gasteiger partial charge in [-0.25, -0.2) is 14.6 Å². The van der Waals surface area contributed by atoms with E-state index in [1.54, 1.807) is 29.0 Å². The normalized spacial score (nSPS) is 11.5. The molecule has 0 bridgehead atoms. The van der Waals surface area contributed by atoms with Crippen LogP contribution in [0.5, 0.6) is 0 Å². The van der Waals surface area contributed by atoms with Gasteiger partial charge in [0.05, 0.1) is 5.56 Å². The minimum atomic E-state index is -0.609. The molecule has 0 aromatic carbocycles. The summed E-state index contributed by atoms with van der Waals surface area (Å²) in [6.07, 6.45) is 2.53. The molecule has 34 heavy (non-hydrogen) atoms. The molecule has 0 fully saturated rings. The van der Waals surface area contributed by atoms with Gasteiger partial charge < -0.3 is 24.6 Å². The highest BCUT2D eigenvalue weighted by Crippen LogP contribution is 2.12. The van der Waals surface area contributed by atoms with Crippen molar-refractivity contribution in [2.75, 3.05) is 33.2 Å². The monoisotopic (exact) mass is 498 g/mol. The third kappa shape index (κ3) is 12.6. The molecule has 1 heterocycles. The molecule has 0 radical (unpaired) electrons. The Morgan fingerprint density at radius 1 is 0.941 bits per heavy atom. The fourth-order valence-electron chi connectivity index (χ4n) is 2.88. The Bertz CT molecular complexity index is 803. The molecule has 1 aromatic heterocycles. The highest BCUT2D eigenvalue weighted by atomic mass is 35.5. The first kappa shape index (κ1) is 29.5. The smallest absolute Gasteiger partial charge is 0.410 e. The van der Waals surface area contributed by atoms with E-state index in [0.717, 1.165) is 0 Å². The molecule has 1 aromatic rings. The Morgan fingerprint density at radius 3 is 2.12 bits per heavy atom. The average molecular weight is 499 g/mol. The second kappa shape index (κ2) is 13.4. The molecule has 0 unspecified atom stereocenters. The second-order valence-corrected chi connectivity index (χ2v) is 10.4. The van der Waals surface area contributed by atoms with Crippen molar-refractivity contribution >= 4 is 29.7 Å². The number of alkyl carbamates (subject to hydrolysis) is 1. The van der Waals surface area contributed by atoms with Crippen LogP contribution < -0.4 is 5.32 Å². The molecule has 1 rings (SSSR count). The SMILES string of the molecule is CN(CCCN(CCCCNC(=O)OC(C)(C)C)C(=O)OC(C)(C)C)C(=O)c1ccc(Cl)nc1. The maximum Gasteiger partial charge on any atom is 0.410 e. The molecule has 3 amide bonds. The Morgan fingerprint density at radius 2 is 1.56 bits per heavy atom. The number of ether oxygens (including phenoxy) is 2. The van der Waals surface area contributed by atoms with Gasteiger partial charge in [0.2, 0.25) is 0 Å². The van der Waals surface area contributed by atoms with Crippen LogP contribution in [0.25, 0.3) is 0 Å². The summed E-state index contributed by atoms with van der Waals surface area (Å²) in [5.74, 6) is -0.166. The van der Waals surface area contributed by atoms with Crippen LogP contribution in [-0.4, -0.2) is 77.3 Å². The van der Waals surface area contributed by atoms with E-state index in [-0.39, 0.29) is 5.91 Å². The van der Waals surface area contributed by atoms with E-state index in [9.17, 15) is 14.4 Å². The molecule has 0 aliphatic rings. The summed E-state index contributed by atoms with van der Waals surface area (Å²) in [5.41, 5.74) is -0.702. The van der Waals surface area contributed by atoms with Gasteiger partial charge in [-0.15, -0.1) is 0 Å². The molecule has 192 valence electrons. The molecule has 0 saturated carbocycles. The highest BCUT2D eigenvalue weighted by molar-refractivity contribution is 6.29. The first-order valence-corrected chi connectivity index (χ1v) is 11.9. The van der Waals surface area contributed by atoms with E-state index in [0.29, 0.717) is 56.2 Å². The third-order valence-electron chi connectivity index (χ3n) is 4.42. The minimum absolute atomic E-state index is 0.166. The van der Waals surface area contributed by atoms with Crippen molar-refractivity contribution in [3.63, 3.8) is 0 Å². The molecular formula is C24H39ClN4O5. The minimum Gasteiger partial charge on any atom is -0.444 e. The van der Waals surface area contributed by atoms with Crippen molar-refractivity contribution < 1.29 is 23.9 Å². The van der Waals surface area contributed by atoms with E-state index in [1.165, 1.54) is 6.20 Å². The Balaban J connectivity index is 2.53. The number of pyridine rings is 1. The number of aromatic nitrogens is 1. The van der Waals surface area contributed by atoms with Crippen LogP contribution in [0.2, 0.25) is 5.15 Å². The van der Waals surface area contributed by atoms with Gasteiger partial charge in [0.25, 0.3) is 5.91 Å². The van der Waals surface area contributed by atoms with Crippen LogP contribution in [0, 0.1) is 0 Å². The lowest BCUT2D eigenvalue weighted by Gasteiger charge is -2.28. The fraction of sp³-hybridized carbons (Fsp3) is 0.667. The largest absolute Gasteiger partial charge is 0.444 e. The zero-order valence-electron chi connectivity index (χ0n) is 21.4. The Hall–Kier alpha value is -2.55. The van der Waals surface area contributed by atoms with Crippen molar-refractivity contribution in [1.82, 2.24) is 20.1 Å². The van der Waals surface area contributed by atoms with E-state index in [2.05, 4.69) is 10.3 Å². The maximum absolute atomic E-state index is 12.7. The summed E-state index contributed by atoms with van der Waals surface area (Å²) >= 11 is 5.78. The first-order chi connectivity index (χ1) is 15.7. The van der Waals surface area contributed by atoms with Crippen molar-refractivity contribution in [3.8, 4) is 0 Å². The quantitative estimate of drug-likeness (QED) is 0.369. The molecule has 0 saturated heterocycles. The van der Waals surface area contributed by atoms with Gasteiger partial charge in [-0.3, -0.25) is 4.79 Å². The molecule has 0 aliphatic heterocycles. The van der Waals surface area contributed by atoms with E-state index in [1.807, 2.05) is 41.5 Å². The number of carbonyl (C=O) groups is 3. The summed E-state index contributed by atoms with van der Waals surface area (Å²) in [4.78, 5) is 44.1. The highest BCUT2D eigenvalue weighted by Gasteiger charge is 2.22. The van der Waals surface area contributed by atoms with Crippen LogP contribution in [0.1, 0.15) is 71.2 Å². The number of halogens is 1. The van der Waals surface area contributed by atoms with Gasteiger partial charge in [-0.1, -0.05) is 11.6 Å². The number of rotatable bonds is 10. The Kier molecular flexibility index (Phi) is 11.6. The second-order valence-electron chi connectivity index (χ2n) is 10.1. The average Bonchev–Trinajstić information content (AvgIpc) is 2.69. The molecule has 1 N–H and O–H groups in total. The van der Waals surface area contributed by atoms with Gasteiger partial charge in [-0.2, -0.15) is 0 Å². The predicted octanol–water partition coefficient (Wildman–Crippen LogP) is 4.74. The summed E-state index contributed by atoms with van der Waals surface area (Å²) < 4.78 is 10.7. The van der Waals surface area contributed by atoms with E-state index < -0.39 is 23.4 Å². The first-order valence-electron chi connectivity index (χ1n) is 11.5. The summed E-state index contributed by atoms with van der Waals surface area (Å²) in [6.45, 7) is 12.7. The van der Waals surface area contributed by atoms with Crippen molar-refractivity contribution in [2.45, 2.75) is 72.0 Å². The van der Waals surface area contributed by atoms with Gasteiger partial charge in [0.15, 0.2) is 0 Å².